The first-order valence-corrected chi connectivity index (χ1v) is 6.96. The standard InChI is InChI=1S/C14H29NO/c1-5-12-9-11(3)7-8-14(12)15-13(6-2)10-16-4/h11-15H,5-10H2,1-4H3. The van der Waals surface area contributed by atoms with E-state index in [0.717, 1.165) is 30.9 Å². The Morgan fingerprint density at radius 2 is 2.06 bits per heavy atom. The van der Waals surface area contributed by atoms with Crippen LogP contribution in [-0.2, 0) is 4.74 Å². The topological polar surface area (TPSA) is 21.3 Å². The van der Waals surface area contributed by atoms with Crippen molar-refractivity contribution >= 4 is 0 Å². The van der Waals surface area contributed by atoms with Crippen LogP contribution in [0.5, 0.6) is 0 Å². The van der Waals surface area contributed by atoms with Crippen LogP contribution in [0.15, 0.2) is 0 Å². The summed E-state index contributed by atoms with van der Waals surface area (Å²) in [5.74, 6) is 1.79. The molecule has 0 spiro atoms. The molecule has 1 saturated carbocycles. The number of ether oxygens (including phenoxy) is 1. The third kappa shape index (κ3) is 4.06. The van der Waals surface area contributed by atoms with E-state index in [1.54, 1.807) is 7.11 Å². The summed E-state index contributed by atoms with van der Waals surface area (Å²) in [5, 5.41) is 3.80. The number of hydrogen-bond acceptors (Lipinski definition) is 2. The summed E-state index contributed by atoms with van der Waals surface area (Å²) in [4.78, 5) is 0. The van der Waals surface area contributed by atoms with E-state index in [9.17, 15) is 0 Å². The normalized spacial score (nSPS) is 32.6. The lowest BCUT2D eigenvalue weighted by Crippen LogP contribution is -2.46. The van der Waals surface area contributed by atoms with Gasteiger partial charge in [0, 0.05) is 19.2 Å². The van der Waals surface area contributed by atoms with Crippen LogP contribution >= 0.6 is 0 Å². The predicted molar refractivity (Wildman–Crippen MR) is 69.7 cm³/mol. The maximum atomic E-state index is 5.26. The molecular weight excluding hydrogens is 198 g/mol. The van der Waals surface area contributed by atoms with Gasteiger partial charge in [-0.2, -0.15) is 0 Å². The molecule has 1 aliphatic rings. The molecule has 0 heterocycles. The second kappa shape index (κ2) is 7.29. The Kier molecular flexibility index (Phi) is 6.37. The molecule has 0 amide bonds. The van der Waals surface area contributed by atoms with Gasteiger partial charge in [-0.25, -0.2) is 0 Å². The molecule has 0 bridgehead atoms. The van der Waals surface area contributed by atoms with Crippen molar-refractivity contribution in [2.24, 2.45) is 11.8 Å². The van der Waals surface area contributed by atoms with Gasteiger partial charge in [-0.05, 0) is 37.5 Å². The van der Waals surface area contributed by atoms with Crippen LogP contribution in [0.3, 0.4) is 0 Å². The molecule has 4 unspecified atom stereocenters. The minimum absolute atomic E-state index is 0.539. The molecule has 0 saturated heterocycles. The number of methoxy groups -OCH3 is 1. The molecule has 1 aliphatic carbocycles. The van der Waals surface area contributed by atoms with Crippen molar-refractivity contribution in [3.8, 4) is 0 Å². The van der Waals surface area contributed by atoms with Crippen molar-refractivity contribution in [3.63, 3.8) is 0 Å². The van der Waals surface area contributed by atoms with Crippen molar-refractivity contribution in [1.29, 1.82) is 0 Å². The third-order valence-corrected chi connectivity index (χ3v) is 4.08. The Morgan fingerprint density at radius 3 is 2.62 bits per heavy atom. The van der Waals surface area contributed by atoms with Gasteiger partial charge in [-0.3, -0.25) is 0 Å². The molecular formula is C14H29NO. The van der Waals surface area contributed by atoms with Gasteiger partial charge in [-0.15, -0.1) is 0 Å². The van der Waals surface area contributed by atoms with Crippen LogP contribution in [0.25, 0.3) is 0 Å². The molecule has 0 aromatic carbocycles. The Hall–Kier alpha value is -0.0800. The predicted octanol–water partition coefficient (Wildman–Crippen LogP) is 3.22. The summed E-state index contributed by atoms with van der Waals surface area (Å²) in [6.07, 6.45) is 6.61. The minimum Gasteiger partial charge on any atom is -0.383 e. The summed E-state index contributed by atoms with van der Waals surface area (Å²) < 4.78 is 5.26. The van der Waals surface area contributed by atoms with Crippen molar-refractivity contribution < 1.29 is 4.74 Å². The fourth-order valence-electron chi connectivity index (χ4n) is 2.96. The Labute approximate surface area is 101 Å². The molecule has 1 N–H and O–H groups in total. The third-order valence-electron chi connectivity index (χ3n) is 4.08. The largest absolute Gasteiger partial charge is 0.383 e. The summed E-state index contributed by atoms with van der Waals surface area (Å²) >= 11 is 0. The zero-order valence-electron chi connectivity index (χ0n) is 11.5. The smallest absolute Gasteiger partial charge is 0.0615 e. The molecule has 2 heteroatoms. The molecule has 1 rings (SSSR count). The monoisotopic (exact) mass is 227 g/mol. The molecule has 96 valence electrons. The highest BCUT2D eigenvalue weighted by molar-refractivity contribution is 4.85. The summed E-state index contributed by atoms with van der Waals surface area (Å²) in [6, 6.07) is 1.26. The zero-order chi connectivity index (χ0) is 12.0. The van der Waals surface area contributed by atoms with Crippen molar-refractivity contribution in [1.82, 2.24) is 5.32 Å². The van der Waals surface area contributed by atoms with Gasteiger partial charge in [0.05, 0.1) is 6.61 Å². The molecule has 4 atom stereocenters. The molecule has 1 fully saturated rings. The van der Waals surface area contributed by atoms with Gasteiger partial charge in [-0.1, -0.05) is 27.2 Å². The molecule has 0 aliphatic heterocycles. The fraction of sp³-hybridized carbons (Fsp3) is 1.00. The second-order valence-electron chi connectivity index (χ2n) is 5.42. The van der Waals surface area contributed by atoms with Crippen LogP contribution in [0.2, 0.25) is 0 Å². The highest BCUT2D eigenvalue weighted by atomic mass is 16.5. The quantitative estimate of drug-likeness (QED) is 0.752. The van der Waals surface area contributed by atoms with Crippen LogP contribution in [0.1, 0.15) is 52.9 Å². The molecule has 0 aromatic heterocycles. The average Bonchev–Trinajstić information content (AvgIpc) is 2.30. The van der Waals surface area contributed by atoms with E-state index in [1.165, 1.54) is 25.7 Å². The first-order valence-electron chi connectivity index (χ1n) is 6.96. The Morgan fingerprint density at radius 1 is 1.31 bits per heavy atom. The van der Waals surface area contributed by atoms with E-state index in [0.29, 0.717) is 6.04 Å². The van der Waals surface area contributed by atoms with Gasteiger partial charge in [0.1, 0.15) is 0 Å². The zero-order valence-corrected chi connectivity index (χ0v) is 11.5. The second-order valence-corrected chi connectivity index (χ2v) is 5.42. The molecule has 2 nitrogen and oxygen atoms in total. The molecule has 0 aromatic rings. The van der Waals surface area contributed by atoms with E-state index < -0.39 is 0 Å². The van der Waals surface area contributed by atoms with Crippen molar-refractivity contribution in [2.75, 3.05) is 13.7 Å². The van der Waals surface area contributed by atoms with Crippen LogP contribution in [0, 0.1) is 11.8 Å². The van der Waals surface area contributed by atoms with Gasteiger partial charge in [0.15, 0.2) is 0 Å². The number of nitrogens with one attached hydrogen (secondary N) is 1. The van der Waals surface area contributed by atoms with Gasteiger partial charge < -0.3 is 10.1 Å². The lowest BCUT2D eigenvalue weighted by molar-refractivity contribution is 0.132. The van der Waals surface area contributed by atoms with Crippen LogP contribution < -0.4 is 5.32 Å². The van der Waals surface area contributed by atoms with E-state index in [1.807, 2.05) is 0 Å². The van der Waals surface area contributed by atoms with E-state index in [4.69, 9.17) is 4.74 Å². The minimum atomic E-state index is 0.539. The summed E-state index contributed by atoms with van der Waals surface area (Å²) in [6.45, 7) is 7.81. The van der Waals surface area contributed by atoms with Gasteiger partial charge in [0.25, 0.3) is 0 Å². The maximum Gasteiger partial charge on any atom is 0.0615 e. The highest BCUT2D eigenvalue weighted by Crippen LogP contribution is 2.31. The van der Waals surface area contributed by atoms with E-state index in [-0.39, 0.29) is 0 Å². The maximum absolute atomic E-state index is 5.26. The molecule has 0 radical (unpaired) electrons. The number of hydrogen-bond donors (Lipinski definition) is 1. The lowest BCUT2D eigenvalue weighted by atomic mass is 9.77. The Balaban J connectivity index is 2.44. The summed E-state index contributed by atoms with van der Waals surface area (Å²) in [7, 11) is 1.80. The fourth-order valence-corrected chi connectivity index (χ4v) is 2.96. The lowest BCUT2D eigenvalue weighted by Gasteiger charge is -2.37. The van der Waals surface area contributed by atoms with E-state index in [2.05, 4.69) is 26.1 Å². The average molecular weight is 227 g/mol. The first kappa shape index (κ1) is 14.0. The highest BCUT2D eigenvalue weighted by Gasteiger charge is 2.28. The Bertz CT molecular complexity index is 184. The first-order chi connectivity index (χ1) is 7.71. The van der Waals surface area contributed by atoms with Gasteiger partial charge >= 0.3 is 0 Å². The van der Waals surface area contributed by atoms with E-state index >= 15 is 0 Å². The summed E-state index contributed by atoms with van der Waals surface area (Å²) in [5.41, 5.74) is 0. The van der Waals surface area contributed by atoms with Crippen LogP contribution in [0.4, 0.5) is 0 Å². The van der Waals surface area contributed by atoms with Gasteiger partial charge in [0.2, 0.25) is 0 Å². The number of rotatable bonds is 6. The van der Waals surface area contributed by atoms with Crippen molar-refractivity contribution in [3.05, 3.63) is 0 Å². The SMILES string of the molecule is CCC(COC)NC1CCC(C)CC1CC. The van der Waals surface area contributed by atoms with Crippen LogP contribution in [-0.4, -0.2) is 25.8 Å². The van der Waals surface area contributed by atoms with Crippen molar-refractivity contribution in [2.45, 2.75) is 65.0 Å². The molecule has 16 heavy (non-hydrogen) atoms.